The molecule has 2 N–H and O–H groups in total. The van der Waals surface area contributed by atoms with E-state index in [1.165, 1.54) is 18.2 Å². The highest BCUT2D eigenvalue weighted by molar-refractivity contribution is 5.50. The predicted molar refractivity (Wildman–Crippen MR) is 69.3 cm³/mol. The summed E-state index contributed by atoms with van der Waals surface area (Å²) in [6, 6.07) is 7.74. The van der Waals surface area contributed by atoms with Crippen LogP contribution in [0.25, 0.3) is 0 Å². The summed E-state index contributed by atoms with van der Waals surface area (Å²) in [5.74, 6) is -0.261. The van der Waals surface area contributed by atoms with E-state index >= 15 is 0 Å². The molecule has 0 spiro atoms. The second-order valence-electron chi connectivity index (χ2n) is 4.13. The van der Waals surface area contributed by atoms with Gasteiger partial charge in [0.25, 0.3) is 0 Å². The van der Waals surface area contributed by atoms with E-state index in [0.717, 1.165) is 0 Å². The minimum atomic E-state index is -0.573. The minimum absolute atomic E-state index is 0.0238. The molecule has 0 saturated heterocycles. The molecule has 2 rings (SSSR count). The van der Waals surface area contributed by atoms with Gasteiger partial charge in [-0.3, -0.25) is 4.98 Å². The van der Waals surface area contributed by atoms with Crippen molar-refractivity contribution in [3.05, 3.63) is 47.0 Å². The van der Waals surface area contributed by atoms with Crippen molar-refractivity contribution >= 4 is 5.69 Å². The average Bonchev–Trinajstić information content (AvgIpc) is 2.32. The van der Waals surface area contributed by atoms with Crippen molar-refractivity contribution in [1.82, 2.24) is 4.98 Å². The number of ether oxygens (including phenoxy) is 1. The molecular weight excluding hydrogens is 245 g/mol. The van der Waals surface area contributed by atoms with Gasteiger partial charge in [0.1, 0.15) is 17.4 Å². The lowest BCUT2D eigenvalue weighted by atomic mass is 10.2. The van der Waals surface area contributed by atoms with E-state index in [-0.39, 0.29) is 11.5 Å². The molecule has 0 unspecified atom stereocenters. The quantitative estimate of drug-likeness (QED) is 0.839. The van der Waals surface area contributed by atoms with Crippen LogP contribution in [0.4, 0.5) is 10.1 Å². The Kier molecular flexibility index (Phi) is 3.34. The van der Waals surface area contributed by atoms with E-state index in [2.05, 4.69) is 4.98 Å². The summed E-state index contributed by atoms with van der Waals surface area (Å²) < 4.78 is 19.1. The van der Waals surface area contributed by atoms with Crippen molar-refractivity contribution in [2.75, 3.05) is 5.73 Å². The number of nitrogens with two attached hydrogens (primary N) is 1. The van der Waals surface area contributed by atoms with Gasteiger partial charge in [0.05, 0.1) is 5.69 Å². The molecule has 0 radical (unpaired) electrons. The van der Waals surface area contributed by atoms with E-state index in [4.69, 9.17) is 15.7 Å². The molecule has 0 aliphatic heterocycles. The molecule has 0 saturated carbocycles. The van der Waals surface area contributed by atoms with Gasteiger partial charge in [0.15, 0.2) is 11.6 Å². The topological polar surface area (TPSA) is 71.9 Å². The summed E-state index contributed by atoms with van der Waals surface area (Å²) in [7, 11) is 0. The third-order valence-electron chi connectivity index (χ3n) is 2.58. The Labute approximate surface area is 110 Å². The van der Waals surface area contributed by atoms with Crippen molar-refractivity contribution in [3.8, 4) is 17.6 Å². The van der Waals surface area contributed by atoms with Crippen molar-refractivity contribution in [2.45, 2.75) is 13.8 Å². The van der Waals surface area contributed by atoms with Crippen LogP contribution in [0, 0.1) is 31.0 Å². The largest absolute Gasteiger partial charge is 0.453 e. The lowest BCUT2D eigenvalue weighted by molar-refractivity contribution is 0.440. The van der Waals surface area contributed by atoms with E-state index < -0.39 is 5.82 Å². The number of hydrogen-bond donors (Lipinski definition) is 1. The first-order chi connectivity index (χ1) is 9.01. The van der Waals surface area contributed by atoms with Gasteiger partial charge in [-0.25, -0.2) is 4.39 Å². The molecule has 0 fully saturated rings. The number of halogens is 1. The Morgan fingerprint density at radius 2 is 2.00 bits per heavy atom. The van der Waals surface area contributed by atoms with Crippen LogP contribution in [-0.2, 0) is 0 Å². The number of benzene rings is 1. The first-order valence-electron chi connectivity index (χ1n) is 5.62. The van der Waals surface area contributed by atoms with Crippen LogP contribution in [0.2, 0.25) is 0 Å². The molecule has 4 nitrogen and oxygen atoms in total. The molecule has 0 atom stereocenters. The molecule has 1 heterocycles. The zero-order valence-electron chi connectivity index (χ0n) is 10.6. The Morgan fingerprint density at radius 3 is 2.63 bits per heavy atom. The molecule has 19 heavy (non-hydrogen) atoms. The molecule has 1 aromatic carbocycles. The smallest absolute Gasteiger partial charge is 0.167 e. The number of hydrogen-bond acceptors (Lipinski definition) is 4. The van der Waals surface area contributed by atoms with E-state index in [9.17, 15) is 4.39 Å². The lowest BCUT2D eigenvalue weighted by Gasteiger charge is -2.10. The van der Waals surface area contributed by atoms with E-state index in [1.54, 1.807) is 19.9 Å². The summed E-state index contributed by atoms with van der Waals surface area (Å²) in [4.78, 5) is 4.17. The summed E-state index contributed by atoms with van der Waals surface area (Å²) in [5, 5.41) is 9.10. The van der Waals surface area contributed by atoms with Gasteiger partial charge in [-0.15, -0.1) is 0 Å². The van der Waals surface area contributed by atoms with Crippen LogP contribution in [0.1, 0.15) is 17.0 Å². The summed E-state index contributed by atoms with van der Waals surface area (Å²) in [6.45, 7) is 3.48. The number of aromatic nitrogens is 1. The van der Waals surface area contributed by atoms with Crippen molar-refractivity contribution in [3.63, 3.8) is 0 Å². The van der Waals surface area contributed by atoms with Crippen LogP contribution in [0.3, 0.4) is 0 Å². The number of aryl methyl sites for hydroxylation is 2. The van der Waals surface area contributed by atoms with Crippen molar-refractivity contribution in [2.24, 2.45) is 0 Å². The van der Waals surface area contributed by atoms with E-state index in [1.807, 2.05) is 6.07 Å². The first kappa shape index (κ1) is 12.8. The Hall–Kier alpha value is -2.61. The molecule has 0 aliphatic carbocycles. The highest BCUT2D eigenvalue weighted by Gasteiger charge is 2.12. The standard InChI is InChI=1S/C14H12FN3O/c1-8-5-14(11(7-16)9(2)18-8)19-13-4-3-10(17)6-12(13)15/h3-6H,17H2,1-2H3. The fourth-order valence-corrected chi connectivity index (χ4v) is 1.73. The number of rotatable bonds is 2. The summed E-state index contributed by atoms with van der Waals surface area (Å²) in [6.07, 6.45) is 0. The second kappa shape index (κ2) is 4.94. The second-order valence-corrected chi connectivity index (χ2v) is 4.13. The maximum absolute atomic E-state index is 13.7. The first-order valence-corrected chi connectivity index (χ1v) is 5.62. The fraction of sp³-hybridized carbons (Fsp3) is 0.143. The van der Waals surface area contributed by atoms with Crippen LogP contribution < -0.4 is 10.5 Å². The van der Waals surface area contributed by atoms with Gasteiger partial charge < -0.3 is 10.5 Å². The predicted octanol–water partition coefficient (Wildman–Crippen LogP) is 3.08. The minimum Gasteiger partial charge on any atom is -0.453 e. The third-order valence-corrected chi connectivity index (χ3v) is 2.58. The Morgan fingerprint density at radius 1 is 1.26 bits per heavy atom. The van der Waals surface area contributed by atoms with Gasteiger partial charge in [-0.1, -0.05) is 0 Å². The molecule has 0 aliphatic rings. The highest BCUT2D eigenvalue weighted by atomic mass is 19.1. The van der Waals surface area contributed by atoms with Gasteiger partial charge in [-0.2, -0.15) is 5.26 Å². The molecular formula is C14H12FN3O. The molecule has 0 bridgehead atoms. The van der Waals surface area contributed by atoms with Gasteiger partial charge in [-0.05, 0) is 26.0 Å². The maximum atomic E-state index is 13.7. The maximum Gasteiger partial charge on any atom is 0.167 e. The van der Waals surface area contributed by atoms with Crippen LogP contribution in [0.15, 0.2) is 24.3 Å². The number of nitrogens with zero attached hydrogens (tertiary/aromatic N) is 2. The highest BCUT2D eigenvalue weighted by Crippen LogP contribution is 2.29. The summed E-state index contributed by atoms with van der Waals surface area (Å²) >= 11 is 0. The zero-order valence-corrected chi connectivity index (χ0v) is 10.6. The average molecular weight is 257 g/mol. The molecule has 2 aromatic rings. The molecule has 5 heteroatoms. The summed E-state index contributed by atoms with van der Waals surface area (Å²) in [5.41, 5.74) is 7.32. The number of nitriles is 1. The Bertz CT molecular complexity index is 677. The van der Waals surface area contributed by atoms with Crippen LogP contribution in [0.5, 0.6) is 11.5 Å². The van der Waals surface area contributed by atoms with Crippen molar-refractivity contribution < 1.29 is 9.13 Å². The Balaban J connectivity index is 2.46. The molecule has 0 amide bonds. The number of pyridine rings is 1. The zero-order chi connectivity index (χ0) is 14.0. The monoisotopic (exact) mass is 257 g/mol. The van der Waals surface area contributed by atoms with Gasteiger partial charge in [0, 0.05) is 23.5 Å². The number of anilines is 1. The SMILES string of the molecule is Cc1cc(Oc2ccc(N)cc2F)c(C#N)c(C)n1. The lowest BCUT2D eigenvalue weighted by Crippen LogP contribution is -1.98. The van der Waals surface area contributed by atoms with Gasteiger partial charge >= 0.3 is 0 Å². The molecule has 1 aromatic heterocycles. The third kappa shape index (κ3) is 2.63. The van der Waals surface area contributed by atoms with Crippen molar-refractivity contribution in [1.29, 1.82) is 5.26 Å². The number of nitrogen functional groups attached to an aromatic ring is 1. The normalized spacial score (nSPS) is 10.0. The molecule has 96 valence electrons. The van der Waals surface area contributed by atoms with Gasteiger partial charge in [0.2, 0.25) is 0 Å². The van der Waals surface area contributed by atoms with E-state index in [0.29, 0.717) is 22.6 Å². The fourth-order valence-electron chi connectivity index (χ4n) is 1.73. The van der Waals surface area contributed by atoms with Crippen LogP contribution in [-0.4, -0.2) is 4.98 Å². The van der Waals surface area contributed by atoms with Crippen LogP contribution >= 0.6 is 0 Å².